The maximum atomic E-state index is 11.9. The molecule has 0 saturated carbocycles. The second-order valence-corrected chi connectivity index (χ2v) is 8.48. The molecule has 1 aromatic carbocycles. The minimum absolute atomic E-state index is 0.194. The maximum Gasteiger partial charge on any atom is 0.250 e. The number of aryl methyl sites for hydroxylation is 1. The van der Waals surface area contributed by atoms with Crippen molar-refractivity contribution in [1.82, 2.24) is 10.2 Å². The minimum atomic E-state index is -3.17. The highest BCUT2D eigenvalue weighted by Crippen LogP contribution is 2.24. The van der Waals surface area contributed by atoms with Gasteiger partial charge in [0, 0.05) is 12.6 Å². The molecular weight excluding hydrogens is 348 g/mol. The van der Waals surface area contributed by atoms with Gasteiger partial charge in [-0.3, -0.25) is 14.4 Å². The molecule has 0 atom stereocenters. The zero-order valence-corrected chi connectivity index (χ0v) is 14.6. The molecule has 2 aromatic rings. The van der Waals surface area contributed by atoms with Crippen LogP contribution in [0.2, 0.25) is 0 Å². The predicted octanol–water partition coefficient (Wildman–Crippen LogP) is 2.04. The Morgan fingerprint density at radius 1 is 1.29 bits per heavy atom. The van der Waals surface area contributed by atoms with Gasteiger partial charge in [-0.2, -0.15) is 0 Å². The summed E-state index contributed by atoms with van der Waals surface area (Å²) in [4.78, 5) is 11.8. The van der Waals surface area contributed by atoms with Crippen molar-refractivity contribution < 1.29 is 13.2 Å². The molecule has 24 heavy (non-hydrogen) atoms. The number of hydrogen-bond donors (Lipinski definition) is 1. The standard InChI is InChI=1S/C15H16N4O3S2/c1-11-17-18-15(23-11)16-14(20)8-5-12-3-6-13(7-4-12)19-9-2-10-24(19,21)22/h3-8H,2,9-10H2,1H3,(H,16,18,20)/b8-5+. The summed E-state index contributed by atoms with van der Waals surface area (Å²) in [5.41, 5.74) is 1.46. The Morgan fingerprint density at radius 3 is 2.62 bits per heavy atom. The van der Waals surface area contributed by atoms with E-state index in [1.165, 1.54) is 21.7 Å². The van der Waals surface area contributed by atoms with Crippen molar-refractivity contribution in [3.63, 3.8) is 0 Å². The third kappa shape index (κ3) is 3.80. The summed E-state index contributed by atoms with van der Waals surface area (Å²) in [7, 11) is -3.17. The van der Waals surface area contributed by atoms with Gasteiger partial charge in [-0.1, -0.05) is 23.5 Å². The second-order valence-electron chi connectivity index (χ2n) is 5.28. The summed E-state index contributed by atoms with van der Waals surface area (Å²) in [6, 6.07) is 7.05. The molecular formula is C15H16N4O3S2. The predicted molar refractivity (Wildman–Crippen MR) is 94.5 cm³/mol. The van der Waals surface area contributed by atoms with Gasteiger partial charge in [0.1, 0.15) is 5.01 Å². The summed E-state index contributed by atoms with van der Waals surface area (Å²) in [6.07, 6.45) is 3.71. The highest BCUT2D eigenvalue weighted by Gasteiger charge is 2.28. The molecule has 2 heterocycles. The number of nitrogens with one attached hydrogen (secondary N) is 1. The molecule has 7 nitrogen and oxygen atoms in total. The van der Waals surface area contributed by atoms with Crippen LogP contribution >= 0.6 is 11.3 Å². The molecule has 1 N–H and O–H groups in total. The van der Waals surface area contributed by atoms with Crippen molar-refractivity contribution in [2.24, 2.45) is 0 Å². The van der Waals surface area contributed by atoms with Crippen LogP contribution in [0.15, 0.2) is 30.3 Å². The van der Waals surface area contributed by atoms with Crippen LogP contribution in [0.1, 0.15) is 17.0 Å². The highest BCUT2D eigenvalue weighted by atomic mass is 32.2. The number of amides is 1. The number of carbonyl (C=O) groups is 1. The largest absolute Gasteiger partial charge is 0.297 e. The quantitative estimate of drug-likeness (QED) is 0.838. The number of sulfonamides is 1. The molecule has 1 aliphatic heterocycles. The lowest BCUT2D eigenvalue weighted by atomic mass is 10.2. The lowest BCUT2D eigenvalue weighted by Gasteiger charge is -2.16. The monoisotopic (exact) mass is 364 g/mol. The zero-order chi connectivity index (χ0) is 17.2. The van der Waals surface area contributed by atoms with Crippen molar-refractivity contribution in [2.75, 3.05) is 21.9 Å². The number of nitrogens with zero attached hydrogens (tertiary/aromatic N) is 3. The van der Waals surface area contributed by atoms with Gasteiger partial charge in [0.25, 0.3) is 0 Å². The highest BCUT2D eigenvalue weighted by molar-refractivity contribution is 7.93. The SMILES string of the molecule is Cc1nnc(NC(=O)/C=C/c2ccc(N3CCCS3(=O)=O)cc2)s1. The van der Waals surface area contributed by atoms with E-state index in [2.05, 4.69) is 15.5 Å². The average molecular weight is 364 g/mol. The molecule has 0 aliphatic carbocycles. The summed E-state index contributed by atoms with van der Waals surface area (Å²) < 4.78 is 25.2. The number of rotatable bonds is 4. The first-order chi connectivity index (χ1) is 11.4. The van der Waals surface area contributed by atoms with Gasteiger partial charge < -0.3 is 0 Å². The Labute approximate surface area is 144 Å². The summed E-state index contributed by atoms with van der Waals surface area (Å²) in [6.45, 7) is 2.33. The van der Waals surface area contributed by atoms with E-state index in [1.54, 1.807) is 30.3 Å². The van der Waals surface area contributed by atoms with Crippen LogP contribution in [0.5, 0.6) is 0 Å². The Balaban J connectivity index is 1.64. The molecule has 1 amide bonds. The number of anilines is 2. The van der Waals surface area contributed by atoms with E-state index in [-0.39, 0.29) is 11.7 Å². The van der Waals surface area contributed by atoms with Gasteiger partial charge in [-0.15, -0.1) is 10.2 Å². The summed E-state index contributed by atoms with van der Waals surface area (Å²) in [5, 5.41) is 11.5. The Kier molecular flexibility index (Phi) is 4.63. The third-order valence-corrected chi connectivity index (χ3v) is 6.09. The van der Waals surface area contributed by atoms with Crippen molar-refractivity contribution in [3.05, 3.63) is 40.9 Å². The molecule has 3 rings (SSSR count). The molecule has 0 spiro atoms. The molecule has 0 radical (unpaired) electrons. The smallest absolute Gasteiger partial charge is 0.250 e. The topological polar surface area (TPSA) is 92.3 Å². The van der Waals surface area contributed by atoms with E-state index in [0.717, 1.165) is 10.6 Å². The van der Waals surface area contributed by atoms with Crippen LogP contribution in [-0.4, -0.2) is 36.8 Å². The van der Waals surface area contributed by atoms with Gasteiger partial charge in [0.05, 0.1) is 11.4 Å². The Hall–Kier alpha value is -2.26. The van der Waals surface area contributed by atoms with E-state index in [4.69, 9.17) is 0 Å². The molecule has 1 saturated heterocycles. The van der Waals surface area contributed by atoms with Crippen LogP contribution < -0.4 is 9.62 Å². The van der Waals surface area contributed by atoms with E-state index in [0.29, 0.717) is 23.8 Å². The van der Waals surface area contributed by atoms with Gasteiger partial charge in [0.15, 0.2) is 0 Å². The van der Waals surface area contributed by atoms with Gasteiger partial charge in [0.2, 0.25) is 21.1 Å². The first-order valence-electron chi connectivity index (χ1n) is 7.34. The molecule has 1 aromatic heterocycles. The molecule has 0 unspecified atom stereocenters. The fraction of sp³-hybridized carbons (Fsp3) is 0.267. The lowest BCUT2D eigenvalue weighted by Crippen LogP contribution is -2.24. The van der Waals surface area contributed by atoms with Crippen LogP contribution in [0.3, 0.4) is 0 Å². The van der Waals surface area contributed by atoms with E-state index >= 15 is 0 Å². The molecule has 1 aliphatic rings. The van der Waals surface area contributed by atoms with Gasteiger partial charge >= 0.3 is 0 Å². The van der Waals surface area contributed by atoms with Gasteiger partial charge in [-0.05, 0) is 37.1 Å². The number of hydrogen-bond acceptors (Lipinski definition) is 6. The van der Waals surface area contributed by atoms with E-state index < -0.39 is 10.0 Å². The molecule has 1 fully saturated rings. The van der Waals surface area contributed by atoms with Crippen molar-refractivity contribution in [2.45, 2.75) is 13.3 Å². The van der Waals surface area contributed by atoms with Gasteiger partial charge in [-0.25, -0.2) is 8.42 Å². The lowest BCUT2D eigenvalue weighted by molar-refractivity contribution is -0.111. The van der Waals surface area contributed by atoms with E-state index in [1.807, 2.05) is 6.92 Å². The van der Waals surface area contributed by atoms with Crippen molar-refractivity contribution in [1.29, 1.82) is 0 Å². The minimum Gasteiger partial charge on any atom is -0.297 e. The third-order valence-electron chi connectivity index (χ3n) is 3.46. The van der Waals surface area contributed by atoms with Crippen LogP contribution in [0, 0.1) is 6.92 Å². The Bertz CT molecular complexity index is 872. The molecule has 0 bridgehead atoms. The average Bonchev–Trinajstić information content (AvgIpc) is 3.10. The fourth-order valence-corrected chi connectivity index (χ4v) is 4.51. The number of benzene rings is 1. The first kappa shape index (κ1) is 16.6. The zero-order valence-electron chi connectivity index (χ0n) is 13.0. The molecule has 9 heteroatoms. The number of carbonyl (C=O) groups excluding carboxylic acids is 1. The van der Waals surface area contributed by atoms with Crippen molar-refractivity contribution >= 4 is 44.2 Å². The number of aromatic nitrogens is 2. The first-order valence-corrected chi connectivity index (χ1v) is 9.76. The summed E-state index contributed by atoms with van der Waals surface area (Å²) in [5.74, 6) is -0.0998. The summed E-state index contributed by atoms with van der Waals surface area (Å²) >= 11 is 1.30. The molecule has 126 valence electrons. The van der Waals surface area contributed by atoms with E-state index in [9.17, 15) is 13.2 Å². The normalized spacial score (nSPS) is 16.6. The van der Waals surface area contributed by atoms with Crippen LogP contribution in [0.25, 0.3) is 6.08 Å². The van der Waals surface area contributed by atoms with Crippen LogP contribution in [-0.2, 0) is 14.8 Å². The van der Waals surface area contributed by atoms with Crippen LogP contribution in [0.4, 0.5) is 10.8 Å². The van der Waals surface area contributed by atoms with Crippen molar-refractivity contribution in [3.8, 4) is 0 Å². The fourth-order valence-electron chi connectivity index (χ4n) is 2.35. The second kappa shape index (κ2) is 6.70. The Morgan fingerprint density at radius 2 is 2.04 bits per heavy atom. The maximum absolute atomic E-state index is 11.9.